The van der Waals surface area contributed by atoms with Gasteiger partial charge in [0.15, 0.2) is 0 Å². The van der Waals surface area contributed by atoms with E-state index in [1.54, 1.807) is 28.2 Å². The van der Waals surface area contributed by atoms with E-state index >= 15 is 0 Å². The van der Waals surface area contributed by atoms with Crippen molar-refractivity contribution in [2.45, 2.75) is 132 Å². The van der Waals surface area contributed by atoms with Crippen molar-refractivity contribution >= 4 is 34.6 Å². The van der Waals surface area contributed by atoms with E-state index in [1.807, 2.05) is 12.2 Å². The second-order valence-electron chi connectivity index (χ2n) is 17.1. The summed E-state index contributed by atoms with van der Waals surface area (Å²) in [6.45, 7) is 28.2. The van der Waals surface area contributed by atoms with E-state index < -0.39 is 0 Å². The van der Waals surface area contributed by atoms with Crippen molar-refractivity contribution in [2.24, 2.45) is 39.4 Å². The molecule has 3 saturated carbocycles. The van der Waals surface area contributed by atoms with Crippen molar-refractivity contribution in [1.82, 2.24) is 0 Å². The van der Waals surface area contributed by atoms with Gasteiger partial charge < -0.3 is 13.8 Å². The fourth-order valence-electron chi connectivity index (χ4n) is 9.93. The Kier molecular flexibility index (Phi) is 17.1. The molecule has 1 aromatic carbocycles. The number of rotatable bonds is 0. The van der Waals surface area contributed by atoms with Gasteiger partial charge in [0.1, 0.15) is 0 Å². The van der Waals surface area contributed by atoms with Gasteiger partial charge in [-0.3, -0.25) is 6.08 Å². The summed E-state index contributed by atoms with van der Waals surface area (Å²) < 4.78 is 3.34. The molecule has 278 valence electrons. The average molecular weight is 795 g/mol. The molecule has 0 nitrogen and oxygen atoms in total. The van der Waals surface area contributed by atoms with Crippen LogP contribution in [0.15, 0.2) is 71.4 Å². The third-order valence-electron chi connectivity index (χ3n) is 14.3. The molecule has 0 spiro atoms. The molecule has 0 bridgehead atoms. The zero-order valence-corrected chi connectivity index (χ0v) is 36.9. The number of hydrogen-bond donors (Lipinski definition) is 0. The molecular formula is C47H68Cl2Zr-4. The van der Waals surface area contributed by atoms with Gasteiger partial charge in [-0.05, 0) is 40.6 Å². The molecule has 0 saturated heterocycles. The van der Waals surface area contributed by atoms with Gasteiger partial charge in [0.05, 0.1) is 0 Å². The Morgan fingerprint density at radius 3 is 1.82 bits per heavy atom. The van der Waals surface area contributed by atoms with Crippen molar-refractivity contribution < 1.29 is 24.2 Å². The molecule has 0 aliphatic heterocycles. The van der Waals surface area contributed by atoms with E-state index in [-0.39, 0.29) is 46.5 Å². The first-order valence-corrected chi connectivity index (χ1v) is 20.8. The summed E-state index contributed by atoms with van der Waals surface area (Å²) >= 11 is 1.30. The Hall–Kier alpha value is -0.877. The summed E-state index contributed by atoms with van der Waals surface area (Å²) in [6, 6.07) is 9.16. The summed E-state index contributed by atoms with van der Waals surface area (Å²) in [5.74, 6) is 3.83. The topological polar surface area (TPSA) is 0 Å². The number of benzene rings is 1. The van der Waals surface area contributed by atoms with Crippen LogP contribution in [-0.4, -0.2) is 4.21 Å². The predicted octanol–water partition coefficient (Wildman–Crippen LogP) is 14.1. The molecule has 8 rings (SSSR count). The Balaban J connectivity index is 0.000000336. The minimum atomic E-state index is 0. The van der Waals surface area contributed by atoms with Crippen molar-refractivity contribution in [2.75, 3.05) is 0 Å². The minimum absolute atomic E-state index is 0. The van der Waals surface area contributed by atoms with Crippen molar-refractivity contribution in [3.63, 3.8) is 0 Å². The van der Waals surface area contributed by atoms with Gasteiger partial charge in [0.25, 0.3) is 0 Å². The zero-order chi connectivity index (χ0) is 35.3. The molecule has 0 aromatic heterocycles. The van der Waals surface area contributed by atoms with Crippen molar-refractivity contribution in [3.05, 3.63) is 108 Å². The molecule has 7 aliphatic carbocycles. The molecule has 0 radical (unpaired) electrons. The summed E-state index contributed by atoms with van der Waals surface area (Å²) in [4.78, 5) is 0. The molecular weight excluding hydrogens is 727 g/mol. The van der Waals surface area contributed by atoms with E-state index in [2.05, 4.69) is 122 Å². The van der Waals surface area contributed by atoms with Gasteiger partial charge in [-0.1, -0.05) is 165 Å². The van der Waals surface area contributed by atoms with Crippen LogP contribution in [0.5, 0.6) is 0 Å². The Labute approximate surface area is 336 Å². The molecule has 0 N–H and O–H groups in total. The van der Waals surface area contributed by atoms with Gasteiger partial charge >= 0.3 is 28.4 Å². The molecule has 0 heterocycles. The second-order valence-corrected chi connectivity index (χ2v) is 17.1. The maximum absolute atomic E-state index is 3.94. The molecule has 3 fully saturated rings. The van der Waals surface area contributed by atoms with Crippen LogP contribution in [0.25, 0.3) is 5.57 Å². The first-order valence-electron chi connectivity index (χ1n) is 19.1. The van der Waals surface area contributed by atoms with E-state index in [1.165, 1.54) is 99.6 Å². The van der Waals surface area contributed by atoms with Crippen LogP contribution in [-0.2, 0) is 30.7 Å². The van der Waals surface area contributed by atoms with E-state index in [9.17, 15) is 0 Å². The Morgan fingerprint density at radius 1 is 0.800 bits per heavy atom. The van der Waals surface area contributed by atoms with Gasteiger partial charge in [0, 0.05) is 0 Å². The van der Waals surface area contributed by atoms with Gasteiger partial charge in [-0.15, -0.1) is 38.2 Å². The number of hydrogen-bond acceptors (Lipinski definition) is 0. The van der Waals surface area contributed by atoms with Gasteiger partial charge in [-0.2, -0.15) is 29.1 Å². The predicted molar refractivity (Wildman–Crippen MR) is 222 cm³/mol. The molecule has 1 aromatic rings. The van der Waals surface area contributed by atoms with Crippen LogP contribution in [0.2, 0.25) is 0 Å². The first-order chi connectivity index (χ1) is 22.8. The van der Waals surface area contributed by atoms with E-state index in [0.29, 0.717) is 5.92 Å². The molecule has 7 aliphatic rings. The molecule has 50 heavy (non-hydrogen) atoms. The second kappa shape index (κ2) is 18.9. The number of allylic oxidation sites excluding steroid dienone is 10. The summed E-state index contributed by atoms with van der Waals surface area (Å²) in [7, 11) is 0. The van der Waals surface area contributed by atoms with Crippen LogP contribution in [0.3, 0.4) is 0 Å². The van der Waals surface area contributed by atoms with Crippen LogP contribution in [0, 0.1) is 65.3 Å². The molecule has 2 atom stereocenters. The third kappa shape index (κ3) is 8.42. The van der Waals surface area contributed by atoms with Gasteiger partial charge in [0.2, 0.25) is 0 Å². The van der Waals surface area contributed by atoms with Gasteiger partial charge in [-0.25, -0.2) is 18.1 Å². The third-order valence-corrected chi connectivity index (χ3v) is 14.3. The number of halogens is 2. The Morgan fingerprint density at radius 2 is 1.36 bits per heavy atom. The monoisotopic (exact) mass is 792 g/mol. The average Bonchev–Trinajstić information content (AvgIpc) is 3.91. The molecule has 3 heteroatoms. The summed E-state index contributed by atoms with van der Waals surface area (Å²) in [6.07, 6.45) is 29.7. The maximum atomic E-state index is 3.94. The van der Waals surface area contributed by atoms with Crippen LogP contribution in [0.1, 0.15) is 137 Å². The first kappa shape index (κ1) is 45.3. The van der Waals surface area contributed by atoms with Crippen LogP contribution in [0.4, 0.5) is 0 Å². The van der Waals surface area contributed by atoms with Crippen molar-refractivity contribution in [3.8, 4) is 0 Å². The fourth-order valence-corrected chi connectivity index (χ4v) is 9.93. The fraction of sp³-hybridized carbons (Fsp3) is 0.574. The zero-order valence-electron chi connectivity index (χ0n) is 32.9. The van der Waals surface area contributed by atoms with Crippen LogP contribution >= 0.6 is 24.8 Å². The standard InChI is InChI=1S/C29H37.2C6H11.C5H5.CH2.2ClH.Zr/c1-18-25-22-17-19-13-9-10-14-20(19)24(22)21-15-11-12-16-23(21)29(25,8)28(6,7)27(4,5)26(18,2)3;2*1-6-4-2-3-5-6;1-2-4-5-3-1;;;;/h9-11,13-15,23H,12,16-17H2,1-8H3;2*6H,1-5H2;1-3H,4H2;1H2;2*1H;/q4*-1;;;;. The molecule has 2 unspecified atom stereocenters. The van der Waals surface area contributed by atoms with E-state index in [4.69, 9.17) is 0 Å². The normalized spacial score (nSPS) is 27.2. The van der Waals surface area contributed by atoms with Crippen LogP contribution < -0.4 is 0 Å². The summed E-state index contributed by atoms with van der Waals surface area (Å²) in [5, 5.41) is 0. The quantitative estimate of drug-likeness (QED) is 0.230. The summed E-state index contributed by atoms with van der Waals surface area (Å²) in [5.41, 5.74) is 10.3. The SMILES string of the molecule is C[C-]1C2=C3Cc4ccccc4C3=C3C=CCCC3C2(C)C(C)(C)C(C)(C)C1(C)C.Cl.Cl.[C-]1=CC=CC1.[CH2-]C1CCCC1.[CH2-]C1CCCC1.[CH2]=[Zr]. The molecule has 0 amide bonds. The van der Waals surface area contributed by atoms with Crippen molar-refractivity contribution in [1.29, 1.82) is 0 Å². The Bertz CT molecular complexity index is 1380. The number of fused-ring (bicyclic) bond motifs is 6. The van der Waals surface area contributed by atoms with E-state index in [0.717, 1.165) is 24.7 Å².